The molecule has 4 nitrogen and oxygen atoms in total. The van der Waals surface area contributed by atoms with E-state index in [4.69, 9.17) is 5.73 Å². The smallest absolute Gasteiger partial charge is 0.193 e. The molecule has 116 valence electrons. The quantitative estimate of drug-likeness (QED) is 0.578. The third kappa shape index (κ3) is 4.64. The molecule has 1 aliphatic heterocycles. The number of aliphatic imine (C=N–C) groups is 1. The van der Waals surface area contributed by atoms with Gasteiger partial charge in [-0.05, 0) is 42.2 Å². The Kier molecular flexibility index (Phi) is 5.53. The predicted octanol–water partition coefficient (Wildman–Crippen LogP) is 2.79. The van der Waals surface area contributed by atoms with Crippen LogP contribution in [-0.2, 0) is 0 Å². The molecule has 1 aromatic carbocycles. The highest BCUT2D eigenvalue weighted by atomic mass is 32.2. The number of guanidine groups is 1. The Morgan fingerprint density at radius 1 is 1.48 bits per heavy atom. The van der Waals surface area contributed by atoms with E-state index in [1.54, 1.807) is 11.8 Å². The molecular formula is C16H25N3OS. The Hall–Kier alpha value is -1.20. The van der Waals surface area contributed by atoms with Gasteiger partial charge in [-0.1, -0.05) is 26.0 Å². The van der Waals surface area contributed by atoms with Crippen molar-refractivity contribution in [1.82, 2.24) is 0 Å². The van der Waals surface area contributed by atoms with Crippen LogP contribution in [0.5, 0.6) is 0 Å². The first-order chi connectivity index (χ1) is 10.0. The van der Waals surface area contributed by atoms with Gasteiger partial charge in [-0.15, -0.1) is 0 Å². The summed E-state index contributed by atoms with van der Waals surface area (Å²) in [5, 5.41) is 13.3. The van der Waals surface area contributed by atoms with Gasteiger partial charge in [-0.25, -0.2) is 0 Å². The van der Waals surface area contributed by atoms with Crippen LogP contribution in [0, 0.1) is 0 Å². The number of nitrogens with one attached hydrogen (secondary N) is 1. The van der Waals surface area contributed by atoms with Crippen LogP contribution in [0.15, 0.2) is 29.3 Å². The maximum absolute atomic E-state index is 10.2. The lowest BCUT2D eigenvalue weighted by atomic mass is 9.99. The number of nitrogens with two attached hydrogens (primary N) is 1. The average Bonchev–Trinajstić information content (AvgIpc) is 2.92. The van der Waals surface area contributed by atoms with Crippen molar-refractivity contribution in [2.45, 2.75) is 38.2 Å². The van der Waals surface area contributed by atoms with Crippen LogP contribution in [-0.4, -0.2) is 34.7 Å². The first kappa shape index (κ1) is 16.2. The minimum Gasteiger partial charge on any atom is -0.387 e. The Labute approximate surface area is 131 Å². The van der Waals surface area contributed by atoms with Gasteiger partial charge in [0, 0.05) is 11.4 Å². The number of hydrogen-bond donors (Lipinski definition) is 3. The van der Waals surface area contributed by atoms with Crippen molar-refractivity contribution in [2.75, 3.05) is 23.4 Å². The Morgan fingerprint density at radius 3 is 2.76 bits per heavy atom. The van der Waals surface area contributed by atoms with E-state index in [-0.39, 0.29) is 0 Å². The molecule has 0 aromatic heterocycles. The van der Waals surface area contributed by atoms with E-state index in [1.165, 1.54) is 5.56 Å². The minimum atomic E-state index is -0.683. The van der Waals surface area contributed by atoms with Crippen LogP contribution in [0.2, 0.25) is 0 Å². The third-order valence-electron chi connectivity index (χ3n) is 3.99. The second-order valence-electron chi connectivity index (χ2n) is 5.78. The largest absolute Gasteiger partial charge is 0.387 e. The van der Waals surface area contributed by atoms with Crippen molar-refractivity contribution in [3.63, 3.8) is 0 Å². The molecule has 4 N–H and O–H groups in total. The molecule has 0 amide bonds. The first-order valence-electron chi connectivity index (χ1n) is 7.49. The molecule has 1 aliphatic rings. The SMILES string of the molecule is CCC(C)c1ccc(NC(N)=NCC2(O)CCSC2)cc1. The van der Waals surface area contributed by atoms with E-state index in [2.05, 4.69) is 36.3 Å². The summed E-state index contributed by atoms with van der Waals surface area (Å²) in [6, 6.07) is 8.27. The van der Waals surface area contributed by atoms with Crippen molar-refractivity contribution in [2.24, 2.45) is 10.7 Å². The van der Waals surface area contributed by atoms with E-state index < -0.39 is 5.60 Å². The molecule has 1 aromatic rings. The van der Waals surface area contributed by atoms with E-state index in [1.807, 2.05) is 12.1 Å². The van der Waals surface area contributed by atoms with Crippen LogP contribution in [0.4, 0.5) is 5.69 Å². The van der Waals surface area contributed by atoms with Gasteiger partial charge in [0.15, 0.2) is 5.96 Å². The van der Waals surface area contributed by atoms with E-state index in [0.29, 0.717) is 18.4 Å². The topological polar surface area (TPSA) is 70.6 Å². The average molecular weight is 307 g/mol. The predicted molar refractivity (Wildman–Crippen MR) is 92.2 cm³/mol. The minimum absolute atomic E-state index is 0.358. The standard InChI is InChI=1S/C16H25N3OS/c1-3-12(2)13-4-6-14(7-5-13)19-15(17)18-10-16(20)8-9-21-11-16/h4-7,12,20H,3,8-11H2,1-2H3,(H3,17,18,19). The Balaban J connectivity index is 1.91. The zero-order valence-corrected chi connectivity index (χ0v) is 13.6. The van der Waals surface area contributed by atoms with E-state index in [9.17, 15) is 5.11 Å². The summed E-state index contributed by atoms with van der Waals surface area (Å²) < 4.78 is 0. The number of hydrogen-bond acceptors (Lipinski definition) is 3. The zero-order valence-electron chi connectivity index (χ0n) is 12.8. The highest BCUT2D eigenvalue weighted by Crippen LogP contribution is 2.27. The summed E-state index contributed by atoms with van der Waals surface area (Å²) in [7, 11) is 0. The monoisotopic (exact) mass is 307 g/mol. The fraction of sp³-hybridized carbons (Fsp3) is 0.562. The molecule has 2 unspecified atom stereocenters. The molecule has 0 radical (unpaired) electrons. The van der Waals surface area contributed by atoms with Crippen LogP contribution in [0.3, 0.4) is 0 Å². The number of anilines is 1. The second kappa shape index (κ2) is 7.18. The summed E-state index contributed by atoms with van der Waals surface area (Å²) in [4.78, 5) is 4.27. The molecule has 1 fully saturated rings. The van der Waals surface area contributed by atoms with Gasteiger partial charge in [0.05, 0.1) is 12.1 Å². The highest BCUT2D eigenvalue weighted by Gasteiger charge is 2.31. The molecule has 5 heteroatoms. The number of aliphatic hydroxyl groups is 1. The first-order valence-corrected chi connectivity index (χ1v) is 8.65. The molecule has 0 saturated carbocycles. The lowest BCUT2D eigenvalue weighted by molar-refractivity contribution is 0.0780. The van der Waals surface area contributed by atoms with Crippen molar-refractivity contribution in [3.05, 3.63) is 29.8 Å². The maximum Gasteiger partial charge on any atom is 0.193 e. The number of nitrogens with zero attached hydrogens (tertiary/aromatic N) is 1. The summed E-state index contributed by atoms with van der Waals surface area (Å²) in [5.74, 6) is 2.67. The van der Waals surface area contributed by atoms with Crippen LogP contribution in [0.1, 0.15) is 38.2 Å². The maximum atomic E-state index is 10.2. The molecule has 2 rings (SSSR count). The lowest BCUT2D eigenvalue weighted by Crippen LogP contribution is -2.34. The lowest BCUT2D eigenvalue weighted by Gasteiger charge is -2.18. The molecule has 1 saturated heterocycles. The van der Waals surface area contributed by atoms with Gasteiger partial charge in [0.25, 0.3) is 0 Å². The molecule has 2 atom stereocenters. The van der Waals surface area contributed by atoms with Crippen molar-refractivity contribution >= 4 is 23.4 Å². The summed E-state index contributed by atoms with van der Waals surface area (Å²) in [6.07, 6.45) is 1.92. The fourth-order valence-corrected chi connectivity index (χ4v) is 3.56. The summed E-state index contributed by atoms with van der Waals surface area (Å²) >= 11 is 1.76. The van der Waals surface area contributed by atoms with Crippen LogP contribution in [0.25, 0.3) is 0 Å². The molecule has 1 heterocycles. The molecular weight excluding hydrogens is 282 g/mol. The van der Waals surface area contributed by atoms with Crippen LogP contribution < -0.4 is 11.1 Å². The fourth-order valence-electron chi connectivity index (χ4n) is 2.27. The van der Waals surface area contributed by atoms with E-state index >= 15 is 0 Å². The van der Waals surface area contributed by atoms with Gasteiger partial charge < -0.3 is 16.2 Å². The van der Waals surface area contributed by atoms with Gasteiger partial charge in [-0.3, -0.25) is 4.99 Å². The van der Waals surface area contributed by atoms with Crippen LogP contribution >= 0.6 is 11.8 Å². The summed E-state index contributed by atoms with van der Waals surface area (Å²) in [6.45, 7) is 4.77. The van der Waals surface area contributed by atoms with Gasteiger partial charge in [-0.2, -0.15) is 11.8 Å². The van der Waals surface area contributed by atoms with Gasteiger partial charge >= 0.3 is 0 Å². The second-order valence-corrected chi connectivity index (χ2v) is 6.89. The highest BCUT2D eigenvalue weighted by molar-refractivity contribution is 7.99. The zero-order chi connectivity index (χ0) is 15.3. The molecule has 0 bridgehead atoms. The third-order valence-corrected chi connectivity index (χ3v) is 5.22. The number of rotatable bonds is 5. The molecule has 21 heavy (non-hydrogen) atoms. The number of benzene rings is 1. The Morgan fingerprint density at radius 2 is 2.19 bits per heavy atom. The van der Waals surface area contributed by atoms with E-state index in [0.717, 1.165) is 30.0 Å². The molecule has 0 spiro atoms. The van der Waals surface area contributed by atoms with Gasteiger partial charge in [0.1, 0.15) is 0 Å². The van der Waals surface area contributed by atoms with Crippen molar-refractivity contribution < 1.29 is 5.11 Å². The summed E-state index contributed by atoms with van der Waals surface area (Å²) in [5.41, 5.74) is 7.46. The van der Waals surface area contributed by atoms with Crippen molar-refractivity contribution in [1.29, 1.82) is 0 Å². The normalized spacial score (nSPS) is 24.0. The van der Waals surface area contributed by atoms with Gasteiger partial charge in [0.2, 0.25) is 0 Å². The number of thioether (sulfide) groups is 1. The Bertz CT molecular complexity index is 481. The van der Waals surface area contributed by atoms with Crippen molar-refractivity contribution in [3.8, 4) is 0 Å². The molecule has 0 aliphatic carbocycles.